The first kappa shape index (κ1) is 14.1. The topological polar surface area (TPSA) is 75.3 Å². The van der Waals surface area contributed by atoms with Gasteiger partial charge in [0.1, 0.15) is 0 Å². The molecule has 0 bridgehead atoms. The molecule has 5 nitrogen and oxygen atoms in total. The maximum absolute atomic E-state index is 11.9. The Morgan fingerprint density at radius 1 is 1.47 bits per heavy atom. The smallest absolute Gasteiger partial charge is 0.261 e. The van der Waals surface area contributed by atoms with Crippen LogP contribution in [0.15, 0.2) is 11.0 Å². The number of nitrogens with one attached hydrogen (secondary N) is 2. The molecule has 1 aromatic rings. The van der Waals surface area contributed by atoms with E-state index in [1.165, 1.54) is 24.5 Å². The van der Waals surface area contributed by atoms with Crippen LogP contribution in [-0.4, -0.2) is 27.9 Å². The fraction of sp³-hybridized carbons (Fsp3) is 0.500. The Labute approximate surface area is 105 Å². The normalized spacial score (nSPS) is 11.5. The molecule has 0 aliphatic heterocycles. The molecule has 1 rings (SSSR count). The lowest BCUT2D eigenvalue weighted by molar-refractivity contribution is 0.0967. The van der Waals surface area contributed by atoms with E-state index in [0.717, 1.165) is 6.42 Å². The van der Waals surface area contributed by atoms with Crippen LogP contribution in [0.25, 0.3) is 0 Å². The predicted octanol–water partition coefficient (Wildman–Crippen LogP) is 1.10. The highest BCUT2D eigenvalue weighted by molar-refractivity contribution is 7.89. The van der Waals surface area contributed by atoms with E-state index in [4.69, 9.17) is 0 Å². The van der Waals surface area contributed by atoms with Gasteiger partial charge in [-0.2, -0.15) is 0 Å². The van der Waals surface area contributed by atoms with Gasteiger partial charge < -0.3 is 5.32 Å². The van der Waals surface area contributed by atoms with Gasteiger partial charge in [0.25, 0.3) is 5.91 Å². The molecule has 0 aromatic carbocycles. The van der Waals surface area contributed by atoms with E-state index in [1.807, 2.05) is 6.92 Å². The van der Waals surface area contributed by atoms with Crippen molar-refractivity contribution in [2.24, 2.45) is 0 Å². The molecule has 2 N–H and O–H groups in total. The average Bonchev–Trinajstić information content (AvgIpc) is 2.68. The van der Waals surface area contributed by atoms with Crippen molar-refractivity contribution < 1.29 is 13.2 Å². The Morgan fingerprint density at radius 3 is 2.65 bits per heavy atom. The van der Waals surface area contributed by atoms with Gasteiger partial charge >= 0.3 is 0 Å². The first-order valence-electron chi connectivity index (χ1n) is 5.24. The minimum atomic E-state index is -3.49. The standard InChI is InChI=1S/C10H16N2O3S2/c1-4-5-12-17(14,15)9-6-8(10(13)11-3)16-7(9)2/h6,12H,4-5H2,1-3H3,(H,11,13). The second-order valence-electron chi connectivity index (χ2n) is 3.51. The molecule has 17 heavy (non-hydrogen) atoms. The SMILES string of the molecule is CCCNS(=O)(=O)c1cc(C(=O)NC)sc1C. The van der Waals surface area contributed by atoms with Gasteiger partial charge in [0.2, 0.25) is 10.0 Å². The van der Waals surface area contributed by atoms with Gasteiger partial charge in [0.15, 0.2) is 0 Å². The molecular formula is C10H16N2O3S2. The summed E-state index contributed by atoms with van der Waals surface area (Å²) < 4.78 is 26.3. The summed E-state index contributed by atoms with van der Waals surface area (Å²) in [4.78, 5) is 12.6. The molecule has 0 aliphatic rings. The minimum Gasteiger partial charge on any atom is -0.354 e. The number of carbonyl (C=O) groups is 1. The van der Waals surface area contributed by atoms with Gasteiger partial charge in [-0.25, -0.2) is 13.1 Å². The summed E-state index contributed by atoms with van der Waals surface area (Å²) in [6.45, 7) is 3.98. The molecule has 0 atom stereocenters. The van der Waals surface area contributed by atoms with Crippen molar-refractivity contribution in [3.8, 4) is 0 Å². The largest absolute Gasteiger partial charge is 0.354 e. The molecule has 0 aliphatic carbocycles. The zero-order chi connectivity index (χ0) is 13.1. The van der Waals surface area contributed by atoms with Crippen LogP contribution in [0.4, 0.5) is 0 Å². The van der Waals surface area contributed by atoms with E-state index in [1.54, 1.807) is 6.92 Å². The molecule has 1 aromatic heterocycles. The molecule has 0 spiro atoms. The Hall–Kier alpha value is -0.920. The molecule has 0 saturated carbocycles. The first-order chi connectivity index (χ1) is 7.92. The van der Waals surface area contributed by atoms with Crippen LogP contribution >= 0.6 is 11.3 Å². The van der Waals surface area contributed by atoms with E-state index in [-0.39, 0.29) is 10.8 Å². The van der Waals surface area contributed by atoms with Crippen LogP contribution in [0.1, 0.15) is 27.9 Å². The maximum atomic E-state index is 11.9. The molecule has 0 unspecified atom stereocenters. The van der Waals surface area contributed by atoms with Crippen LogP contribution in [0, 0.1) is 6.92 Å². The monoisotopic (exact) mass is 276 g/mol. The number of hydrogen-bond acceptors (Lipinski definition) is 4. The third-order valence-corrected chi connectivity index (χ3v) is 4.92. The summed E-state index contributed by atoms with van der Waals surface area (Å²) in [5.74, 6) is -0.268. The van der Waals surface area contributed by atoms with Crippen molar-refractivity contribution in [1.29, 1.82) is 0 Å². The summed E-state index contributed by atoms with van der Waals surface area (Å²) in [6.07, 6.45) is 0.727. The van der Waals surface area contributed by atoms with Crippen molar-refractivity contribution in [3.63, 3.8) is 0 Å². The second kappa shape index (κ2) is 5.61. The summed E-state index contributed by atoms with van der Waals surface area (Å²) in [5.41, 5.74) is 0. The number of hydrogen-bond donors (Lipinski definition) is 2. The molecule has 1 amide bonds. The van der Waals surface area contributed by atoms with Gasteiger partial charge in [0.05, 0.1) is 9.77 Å². The molecule has 0 fully saturated rings. The zero-order valence-corrected chi connectivity index (χ0v) is 11.7. The Kier molecular flexibility index (Phi) is 4.67. The van der Waals surface area contributed by atoms with Crippen molar-refractivity contribution >= 4 is 27.3 Å². The third kappa shape index (κ3) is 3.27. The number of sulfonamides is 1. The molecule has 1 heterocycles. The lowest BCUT2D eigenvalue weighted by Gasteiger charge is -2.03. The molecular weight excluding hydrogens is 260 g/mol. The fourth-order valence-electron chi connectivity index (χ4n) is 1.28. The number of thiophene rings is 1. The number of carbonyl (C=O) groups excluding carboxylic acids is 1. The number of rotatable bonds is 5. The highest BCUT2D eigenvalue weighted by atomic mass is 32.2. The van der Waals surface area contributed by atoms with Gasteiger partial charge in [-0.3, -0.25) is 4.79 Å². The summed E-state index contributed by atoms with van der Waals surface area (Å²) >= 11 is 1.18. The van der Waals surface area contributed by atoms with Gasteiger partial charge in [-0.05, 0) is 19.4 Å². The van der Waals surface area contributed by atoms with E-state index >= 15 is 0 Å². The van der Waals surface area contributed by atoms with E-state index in [2.05, 4.69) is 10.0 Å². The van der Waals surface area contributed by atoms with Crippen LogP contribution < -0.4 is 10.0 Å². The van der Waals surface area contributed by atoms with Gasteiger partial charge in [0, 0.05) is 18.5 Å². The Bertz CT molecular complexity index is 506. The van der Waals surface area contributed by atoms with E-state index < -0.39 is 10.0 Å². The predicted molar refractivity (Wildman–Crippen MR) is 67.9 cm³/mol. The van der Waals surface area contributed by atoms with Crippen molar-refractivity contribution in [2.45, 2.75) is 25.2 Å². The molecule has 96 valence electrons. The fourth-order valence-corrected chi connectivity index (χ4v) is 3.95. The van der Waals surface area contributed by atoms with Crippen molar-refractivity contribution in [3.05, 3.63) is 15.8 Å². The van der Waals surface area contributed by atoms with Crippen LogP contribution in [-0.2, 0) is 10.0 Å². The van der Waals surface area contributed by atoms with E-state index in [0.29, 0.717) is 16.3 Å². The number of amides is 1. The van der Waals surface area contributed by atoms with Crippen molar-refractivity contribution in [1.82, 2.24) is 10.0 Å². The van der Waals surface area contributed by atoms with Gasteiger partial charge in [-0.1, -0.05) is 6.92 Å². The molecule has 0 radical (unpaired) electrons. The summed E-state index contributed by atoms with van der Waals surface area (Å²) in [5, 5.41) is 2.47. The van der Waals surface area contributed by atoms with Crippen LogP contribution in [0.5, 0.6) is 0 Å². The molecule has 7 heteroatoms. The van der Waals surface area contributed by atoms with Crippen molar-refractivity contribution in [2.75, 3.05) is 13.6 Å². The second-order valence-corrected chi connectivity index (χ2v) is 6.50. The quantitative estimate of drug-likeness (QED) is 0.845. The third-order valence-electron chi connectivity index (χ3n) is 2.15. The number of aryl methyl sites for hydroxylation is 1. The zero-order valence-electron chi connectivity index (χ0n) is 10.0. The average molecular weight is 276 g/mol. The highest BCUT2D eigenvalue weighted by Gasteiger charge is 2.21. The van der Waals surface area contributed by atoms with Crippen LogP contribution in [0.3, 0.4) is 0 Å². The Balaban J connectivity index is 3.07. The minimum absolute atomic E-state index is 0.189. The first-order valence-corrected chi connectivity index (χ1v) is 7.54. The summed E-state index contributed by atoms with van der Waals surface area (Å²) in [6, 6.07) is 1.41. The molecule has 0 saturated heterocycles. The summed E-state index contributed by atoms with van der Waals surface area (Å²) in [7, 11) is -1.98. The maximum Gasteiger partial charge on any atom is 0.261 e. The Morgan fingerprint density at radius 2 is 2.12 bits per heavy atom. The van der Waals surface area contributed by atoms with Gasteiger partial charge in [-0.15, -0.1) is 11.3 Å². The highest BCUT2D eigenvalue weighted by Crippen LogP contribution is 2.25. The van der Waals surface area contributed by atoms with E-state index in [9.17, 15) is 13.2 Å². The lowest BCUT2D eigenvalue weighted by atomic mass is 10.4. The lowest BCUT2D eigenvalue weighted by Crippen LogP contribution is -2.24. The van der Waals surface area contributed by atoms with Crippen LogP contribution in [0.2, 0.25) is 0 Å².